The van der Waals surface area contributed by atoms with Gasteiger partial charge in [-0.1, -0.05) is 12.1 Å². The molecule has 0 aliphatic heterocycles. The molecule has 0 fully saturated rings. The number of anilines is 1. The van der Waals surface area contributed by atoms with Crippen molar-refractivity contribution >= 4 is 27.4 Å². The van der Waals surface area contributed by atoms with Gasteiger partial charge in [0.05, 0.1) is 5.39 Å². The largest absolute Gasteiger partial charge is 0.385 e. The molecule has 0 atom stereocenters. The van der Waals surface area contributed by atoms with Gasteiger partial charge in [0, 0.05) is 30.7 Å². The van der Waals surface area contributed by atoms with Crippen LogP contribution in [0.5, 0.6) is 0 Å². The Morgan fingerprint density at radius 2 is 1.92 bits per heavy atom. The lowest BCUT2D eigenvalue weighted by Gasteiger charge is -2.10. The van der Waals surface area contributed by atoms with Crippen molar-refractivity contribution in [3.63, 3.8) is 0 Å². The molecule has 0 unspecified atom stereocenters. The van der Waals surface area contributed by atoms with E-state index in [1.165, 1.54) is 12.1 Å². The molecule has 0 aliphatic carbocycles. The molecular formula is C18H20FN3OS. The van der Waals surface area contributed by atoms with Gasteiger partial charge in [0.2, 0.25) is 0 Å². The quantitative estimate of drug-likeness (QED) is 0.665. The summed E-state index contributed by atoms with van der Waals surface area (Å²) in [7, 11) is 1.70. The number of thiophene rings is 1. The molecule has 0 bridgehead atoms. The minimum absolute atomic E-state index is 0.235. The molecule has 0 spiro atoms. The van der Waals surface area contributed by atoms with Crippen molar-refractivity contribution in [1.29, 1.82) is 0 Å². The standard InChI is InChI=1S/C18H20FN3OS/c1-11-15(13-5-7-14(19)8-6-13)16-17(20-9-4-10-23-3)21-12(2)22-18(16)24-11/h5-8H,4,9-10H2,1-3H3,(H,20,21,22). The van der Waals surface area contributed by atoms with Crippen molar-refractivity contribution in [2.45, 2.75) is 20.3 Å². The number of halogens is 1. The maximum Gasteiger partial charge on any atom is 0.139 e. The number of nitrogens with zero attached hydrogens (tertiary/aromatic N) is 2. The van der Waals surface area contributed by atoms with Crippen LogP contribution >= 0.6 is 11.3 Å². The molecule has 0 amide bonds. The van der Waals surface area contributed by atoms with Gasteiger partial charge >= 0.3 is 0 Å². The maximum absolute atomic E-state index is 13.3. The Labute approximate surface area is 144 Å². The van der Waals surface area contributed by atoms with Crippen LogP contribution in [0.3, 0.4) is 0 Å². The third kappa shape index (κ3) is 3.39. The Morgan fingerprint density at radius 1 is 1.17 bits per heavy atom. The third-order valence-corrected chi connectivity index (χ3v) is 4.79. The van der Waals surface area contributed by atoms with E-state index < -0.39 is 0 Å². The van der Waals surface area contributed by atoms with Gasteiger partial charge in [-0.25, -0.2) is 14.4 Å². The van der Waals surface area contributed by atoms with Crippen molar-refractivity contribution < 1.29 is 9.13 Å². The van der Waals surface area contributed by atoms with Gasteiger partial charge < -0.3 is 10.1 Å². The number of hydrogen-bond donors (Lipinski definition) is 1. The molecule has 4 nitrogen and oxygen atoms in total. The second kappa shape index (κ2) is 7.23. The topological polar surface area (TPSA) is 47.0 Å². The minimum atomic E-state index is -0.235. The normalized spacial score (nSPS) is 11.2. The number of ether oxygens (including phenoxy) is 1. The highest BCUT2D eigenvalue weighted by molar-refractivity contribution is 7.19. The highest BCUT2D eigenvalue weighted by Crippen LogP contribution is 2.40. The summed E-state index contributed by atoms with van der Waals surface area (Å²) in [4.78, 5) is 11.3. The summed E-state index contributed by atoms with van der Waals surface area (Å²) >= 11 is 1.64. The van der Waals surface area contributed by atoms with Crippen LogP contribution in [0.4, 0.5) is 10.2 Å². The summed E-state index contributed by atoms with van der Waals surface area (Å²) in [6.45, 7) is 5.44. The minimum Gasteiger partial charge on any atom is -0.385 e. The summed E-state index contributed by atoms with van der Waals surface area (Å²) in [5, 5.41) is 4.41. The SMILES string of the molecule is COCCCNc1nc(C)nc2sc(C)c(-c3ccc(F)cc3)c12. The average molecular weight is 345 g/mol. The molecule has 1 N–H and O–H groups in total. The fourth-order valence-electron chi connectivity index (χ4n) is 2.73. The highest BCUT2D eigenvalue weighted by atomic mass is 32.1. The van der Waals surface area contributed by atoms with Crippen LogP contribution in [-0.2, 0) is 4.74 Å². The van der Waals surface area contributed by atoms with Crippen molar-refractivity contribution in [3.8, 4) is 11.1 Å². The number of aromatic nitrogens is 2. The van der Waals surface area contributed by atoms with Gasteiger partial charge in [-0.2, -0.15) is 0 Å². The van der Waals surface area contributed by atoms with Gasteiger partial charge in [0.15, 0.2) is 0 Å². The van der Waals surface area contributed by atoms with Gasteiger partial charge in [0.25, 0.3) is 0 Å². The molecule has 3 aromatic rings. The molecule has 0 aliphatic rings. The molecule has 6 heteroatoms. The van der Waals surface area contributed by atoms with E-state index in [4.69, 9.17) is 4.74 Å². The van der Waals surface area contributed by atoms with Crippen molar-refractivity contribution in [2.24, 2.45) is 0 Å². The second-order valence-corrected chi connectivity index (χ2v) is 6.82. The number of hydrogen-bond acceptors (Lipinski definition) is 5. The summed E-state index contributed by atoms with van der Waals surface area (Å²) < 4.78 is 18.4. The summed E-state index contributed by atoms with van der Waals surface area (Å²) in [6.07, 6.45) is 0.899. The molecule has 2 aromatic heterocycles. The van der Waals surface area contributed by atoms with E-state index in [0.29, 0.717) is 6.61 Å². The first-order valence-corrected chi connectivity index (χ1v) is 8.68. The van der Waals surface area contributed by atoms with Crippen LogP contribution in [0.25, 0.3) is 21.3 Å². The fraction of sp³-hybridized carbons (Fsp3) is 0.333. The monoisotopic (exact) mass is 345 g/mol. The first-order valence-electron chi connectivity index (χ1n) is 7.86. The molecule has 126 valence electrons. The Balaban J connectivity index is 2.08. The molecule has 24 heavy (non-hydrogen) atoms. The zero-order chi connectivity index (χ0) is 17.1. The molecule has 0 radical (unpaired) electrons. The van der Waals surface area contributed by atoms with Gasteiger partial charge in [-0.15, -0.1) is 11.3 Å². The van der Waals surface area contributed by atoms with E-state index >= 15 is 0 Å². The fourth-order valence-corrected chi connectivity index (χ4v) is 3.82. The first kappa shape index (κ1) is 16.8. The van der Waals surface area contributed by atoms with Crippen LogP contribution in [0, 0.1) is 19.7 Å². The molecule has 2 heterocycles. The number of rotatable bonds is 6. The van der Waals surface area contributed by atoms with E-state index in [9.17, 15) is 4.39 Å². The summed E-state index contributed by atoms with van der Waals surface area (Å²) in [5.41, 5.74) is 2.05. The molecule has 1 aromatic carbocycles. The van der Waals surface area contributed by atoms with Crippen LogP contribution in [-0.4, -0.2) is 30.2 Å². The van der Waals surface area contributed by atoms with E-state index in [-0.39, 0.29) is 5.82 Å². The third-order valence-electron chi connectivity index (χ3n) is 3.79. The van der Waals surface area contributed by atoms with Crippen molar-refractivity contribution in [2.75, 3.05) is 25.6 Å². The van der Waals surface area contributed by atoms with Crippen molar-refractivity contribution in [1.82, 2.24) is 9.97 Å². The maximum atomic E-state index is 13.3. The van der Waals surface area contributed by atoms with Crippen LogP contribution < -0.4 is 5.32 Å². The molecule has 0 saturated heterocycles. The summed E-state index contributed by atoms with van der Waals surface area (Å²) in [5.74, 6) is 1.34. The Morgan fingerprint density at radius 3 is 2.62 bits per heavy atom. The first-order chi connectivity index (χ1) is 11.6. The number of aryl methyl sites for hydroxylation is 2. The van der Waals surface area contributed by atoms with Crippen LogP contribution in [0.2, 0.25) is 0 Å². The molecule has 0 saturated carbocycles. The Kier molecular flexibility index (Phi) is 5.06. The lowest BCUT2D eigenvalue weighted by molar-refractivity contribution is 0.198. The van der Waals surface area contributed by atoms with E-state index in [0.717, 1.165) is 50.8 Å². The number of methoxy groups -OCH3 is 1. The van der Waals surface area contributed by atoms with Gasteiger partial charge in [-0.05, 0) is 38.0 Å². The predicted molar refractivity (Wildman–Crippen MR) is 97.3 cm³/mol. The molecule has 3 rings (SSSR count). The van der Waals surface area contributed by atoms with Gasteiger partial charge in [0.1, 0.15) is 22.3 Å². The lowest BCUT2D eigenvalue weighted by Crippen LogP contribution is -2.07. The second-order valence-electron chi connectivity index (χ2n) is 5.61. The zero-order valence-electron chi connectivity index (χ0n) is 14.0. The zero-order valence-corrected chi connectivity index (χ0v) is 14.8. The number of nitrogens with one attached hydrogen (secondary N) is 1. The predicted octanol–water partition coefficient (Wildman–Crippen LogP) is 4.56. The smallest absolute Gasteiger partial charge is 0.139 e. The average Bonchev–Trinajstić information content (AvgIpc) is 2.88. The number of benzene rings is 1. The van der Waals surface area contributed by atoms with Crippen LogP contribution in [0.1, 0.15) is 17.1 Å². The van der Waals surface area contributed by atoms with Crippen molar-refractivity contribution in [3.05, 3.63) is 40.8 Å². The van der Waals surface area contributed by atoms with E-state index in [2.05, 4.69) is 22.2 Å². The van der Waals surface area contributed by atoms with E-state index in [1.807, 2.05) is 6.92 Å². The Hall–Kier alpha value is -2.05. The molecular weight excluding hydrogens is 325 g/mol. The lowest BCUT2D eigenvalue weighted by atomic mass is 10.0. The summed E-state index contributed by atoms with van der Waals surface area (Å²) in [6, 6.07) is 6.58. The van der Waals surface area contributed by atoms with Crippen LogP contribution in [0.15, 0.2) is 24.3 Å². The Bertz CT molecular complexity index is 846. The number of fused-ring (bicyclic) bond motifs is 1. The van der Waals surface area contributed by atoms with E-state index in [1.54, 1.807) is 30.6 Å². The van der Waals surface area contributed by atoms with Gasteiger partial charge in [-0.3, -0.25) is 0 Å². The highest BCUT2D eigenvalue weighted by Gasteiger charge is 2.17.